The van der Waals surface area contributed by atoms with Gasteiger partial charge in [-0.15, -0.1) is 0 Å². The molecule has 35 heavy (non-hydrogen) atoms. The molecule has 0 saturated carbocycles. The molecular formula is C25H26N3O6S-. The molecule has 0 spiro atoms. The Morgan fingerprint density at radius 3 is 2.37 bits per heavy atom. The van der Waals surface area contributed by atoms with E-state index in [1.165, 1.54) is 12.3 Å². The topological polar surface area (TPSA) is 141 Å². The highest BCUT2D eigenvalue weighted by atomic mass is 32.2. The Morgan fingerprint density at radius 1 is 1.03 bits per heavy atom. The zero-order valence-corrected chi connectivity index (χ0v) is 19.7. The Kier molecular flexibility index (Phi) is 9.91. The quantitative estimate of drug-likeness (QED) is 0.242. The van der Waals surface area contributed by atoms with Crippen LogP contribution in [0.1, 0.15) is 28.8 Å². The molecule has 3 N–H and O–H groups in total. The van der Waals surface area contributed by atoms with Crippen molar-refractivity contribution in [3.05, 3.63) is 84.1 Å². The summed E-state index contributed by atoms with van der Waals surface area (Å²) < 4.78 is 25.0. The molecule has 1 heterocycles. The lowest BCUT2D eigenvalue weighted by molar-refractivity contribution is -0.138. The van der Waals surface area contributed by atoms with Crippen LogP contribution < -0.4 is 10.6 Å². The van der Waals surface area contributed by atoms with E-state index < -0.39 is 17.3 Å². The van der Waals surface area contributed by atoms with Crippen molar-refractivity contribution in [2.45, 2.75) is 19.3 Å². The number of carboxylic acid groups (broad SMARTS) is 1. The smallest absolute Gasteiger partial charge is 0.303 e. The molecule has 0 aliphatic rings. The van der Waals surface area contributed by atoms with Gasteiger partial charge in [0.25, 0.3) is 5.91 Å². The second-order valence-corrected chi connectivity index (χ2v) is 8.49. The SMILES string of the molecule is O=C(O)C[C@@H](CCNC(=O)c1ccc(NCOS(=O)[O-])nc1)Cc1ccc(-c2ccccc2)cc1. The highest BCUT2D eigenvalue weighted by molar-refractivity contribution is 7.74. The molecule has 0 aliphatic heterocycles. The largest absolute Gasteiger partial charge is 0.750 e. The number of nitrogens with one attached hydrogen (secondary N) is 2. The van der Waals surface area contributed by atoms with Gasteiger partial charge in [-0.2, -0.15) is 0 Å². The molecule has 2 aromatic carbocycles. The predicted octanol–water partition coefficient (Wildman–Crippen LogP) is 3.38. The number of hydrogen-bond acceptors (Lipinski definition) is 7. The summed E-state index contributed by atoms with van der Waals surface area (Å²) in [5, 5.41) is 14.8. The molecule has 184 valence electrons. The molecule has 0 bridgehead atoms. The van der Waals surface area contributed by atoms with Crippen LogP contribution in [0.3, 0.4) is 0 Å². The Balaban J connectivity index is 1.50. The van der Waals surface area contributed by atoms with Gasteiger partial charge in [-0.1, -0.05) is 54.6 Å². The summed E-state index contributed by atoms with van der Waals surface area (Å²) in [5.41, 5.74) is 3.59. The van der Waals surface area contributed by atoms with Crippen LogP contribution in [0.25, 0.3) is 11.1 Å². The van der Waals surface area contributed by atoms with Crippen molar-refractivity contribution in [2.75, 3.05) is 18.6 Å². The van der Waals surface area contributed by atoms with Crippen LogP contribution in [0.5, 0.6) is 0 Å². The zero-order chi connectivity index (χ0) is 25.0. The molecule has 3 aromatic rings. The summed E-state index contributed by atoms with van der Waals surface area (Å²) >= 11 is -2.63. The lowest BCUT2D eigenvalue weighted by atomic mass is 9.92. The third kappa shape index (κ3) is 8.93. The fraction of sp³-hybridized carbons (Fsp3) is 0.240. The first-order chi connectivity index (χ1) is 16.9. The molecule has 1 amide bonds. The van der Waals surface area contributed by atoms with Crippen molar-refractivity contribution in [2.24, 2.45) is 5.92 Å². The summed E-state index contributed by atoms with van der Waals surface area (Å²) in [4.78, 5) is 27.8. The average Bonchev–Trinajstić information content (AvgIpc) is 2.85. The van der Waals surface area contributed by atoms with Crippen molar-refractivity contribution in [3.63, 3.8) is 0 Å². The van der Waals surface area contributed by atoms with Gasteiger partial charge in [-0.3, -0.25) is 13.8 Å². The van der Waals surface area contributed by atoms with Gasteiger partial charge in [0.05, 0.1) is 16.9 Å². The number of anilines is 1. The van der Waals surface area contributed by atoms with Gasteiger partial charge in [0.1, 0.15) is 12.5 Å². The average molecular weight is 497 g/mol. The summed E-state index contributed by atoms with van der Waals surface area (Å²) in [6, 6.07) is 21.2. The fourth-order valence-corrected chi connectivity index (χ4v) is 3.75. The van der Waals surface area contributed by atoms with E-state index in [1.54, 1.807) is 6.07 Å². The molecule has 1 unspecified atom stereocenters. The summed E-state index contributed by atoms with van der Waals surface area (Å²) in [5.74, 6) is -0.986. The Morgan fingerprint density at radius 2 is 1.74 bits per heavy atom. The number of aromatic nitrogens is 1. The van der Waals surface area contributed by atoms with Crippen LogP contribution in [0.15, 0.2) is 72.9 Å². The van der Waals surface area contributed by atoms with E-state index >= 15 is 0 Å². The van der Waals surface area contributed by atoms with E-state index in [0.717, 1.165) is 16.7 Å². The van der Waals surface area contributed by atoms with E-state index in [9.17, 15) is 23.5 Å². The standard InChI is InChI=1S/C25H27N3O6S/c29-24(30)15-19(14-18-6-8-21(9-7-18)20-4-2-1-3-5-20)12-13-26-25(31)22-10-11-23(27-16-22)28-17-34-35(32)33/h1-11,16,19H,12-15,17H2,(H,26,31)(H,27,28)(H,29,30)(H,32,33)/p-1/t19-/m0/s1. The molecule has 0 aliphatic carbocycles. The number of amides is 1. The first-order valence-corrected chi connectivity index (χ1v) is 12.0. The van der Waals surface area contributed by atoms with Gasteiger partial charge >= 0.3 is 5.97 Å². The minimum atomic E-state index is -2.63. The van der Waals surface area contributed by atoms with E-state index in [-0.39, 0.29) is 25.0 Å². The lowest BCUT2D eigenvalue weighted by Gasteiger charge is -2.16. The molecule has 2 atom stereocenters. The van der Waals surface area contributed by atoms with E-state index in [4.69, 9.17) is 0 Å². The molecule has 9 nitrogen and oxygen atoms in total. The number of pyridine rings is 1. The maximum Gasteiger partial charge on any atom is 0.303 e. The predicted molar refractivity (Wildman–Crippen MR) is 131 cm³/mol. The molecular weight excluding hydrogens is 470 g/mol. The number of carbonyl (C=O) groups is 2. The van der Waals surface area contributed by atoms with Crippen molar-refractivity contribution in [1.29, 1.82) is 0 Å². The van der Waals surface area contributed by atoms with Crippen LogP contribution >= 0.6 is 0 Å². The number of benzene rings is 2. The van der Waals surface area contributed by atoms with Crippen molar-refractivity contribution < 1.29 is 27.6 Å². The molecule has 0 radical (unpaired) electrons. The van der Waals surface area contributed by atoms with Crippen molar-refractivity contribution >= 4 is 29.1 Å². The lowest BCUT2D eigenvalue weighted by Crippen LogP contribution is -2.27. The van der Waals surface area contributed by atoms with Crippen LogP contribution in [0.2, 0.25) is 0 Å². The van der Waals surface area contributed by atoms with Crippen molar-refractivity contribution in [3.8, 4) is 11.1 Å². The third-order valence-corrected chi connectivity index (χ3v) is 5.63. The van der Waals surface area contributed by atoms with Gasteiger partial charge in [0, 0.05) is 19.2 Å². The minimum Gasteiger partial charge on any atom is -0.750 e. The second-order valence-electron chi connectivity index (χ2n) is 7.85. The molecule has 1 aromatic heterocycles. The molecule has 3 rings (SSSR count). The summed E-state index contributed by atoms with van der Waals surface area (Å²) in [6.45, 7) is 0.0522. The van der Waals surface area contributed by atoms with E-state index in [0.29, 0.717) is 30.8 Å². The zero-order valence-electron chi connectivity index (χ0n) is 18.9. The first kappa shape index (κ1) is 26.0. The Labute approximate surface area is 206 Å². The van der Waals surface area contributed by atoms with Gasteiger partial charge in [-0.05, 0) is 47.6 Å². The normalized spacial score (nSPS) is 12.5. The second kappa shape index (κ2) is 13.3. The number of nitrogens with zero attached hydrogens (tertiary/aromatic N) is 1. The van der Waals surface area contributed by atoms with Crippen LogP contribution in [0, 0.1) is 5.92 Å². The van der Waals surface area contributed by atoms with Gasteiger partial charge in [-0.25, -0.2) is 9.19 Å². The van der Waals surface area contributed by atoms with Crippen molar-refractivity contribution in [1.82, 2.24) is 10.3 Å². The van der Waals surface area contributed by atoms with E-state index in [1.807, 2.05) is 54.6 Å². The fourth-order valence-electron chi connectivity index (χ4n) is 3.60. The third-order valence-electron chi connectivity index (χ3n) is 5.32. The van der Waals surface area contributed by atoms with Gasteiger partial charge in [0.15, 0.2) is 0 Å². The first-order valence-electron chi connectivity index (χ1n) is 11.0. The number of carboxylic acids is 1. The number of rotatable bonds is 13. The molecule has 10 heteroatoms. The number of hydrogen-bond donors (Lipinski definition) is 3. The van der Waals surface area contributed by atoms with Crippen LogP contribution in [-0.4, -0.2) is 44.0 Å². The highest BCUT2D eigenvalue weighted by Crippen LogP contribution is 2.22. The Bertz CT molecular complexity index is 1120. The monoisotopic (exact) mass is 496 g/mol. The van der Waals surface area contributed by atoms with Crippen LogP contribution in [-0.2, 0) is 26.8 Å². The maximum absolute atomic E-state index is 12.4. The van der Waals surface area contributed by atoms with Gasteiger partial charge < -0.3 is 20.3 Å². The maximum atomic E-state index is 12.4. The highest BCUT2D eigenvalue weighted by Gasteiger charge is 2.15. The summed E-state index contributed by atoms with van der Waals surface area (Å²) in [6.07, 6.45) is 2.47. The summed E-state index contributed by atoms with van der Waals surface area (Å²) in [7, 11) is 0. The van der Waals surface area contributed by atoms with Gasteiger partial charge in [0.2, 0.25) is 0 Å². The molecule has 0 saturated heterocycles. The number of aliphatic carboxylic acids is 1. The van der Waals surface area contributed by atoms with E-state index in [2.05, 4.69) is 19.8 Å². The minimum absolute atomic E-state index is 0.00838. The number of carbonyl (C=O) groups excluding carboxylic acids is 1. The molecule has 0 fully saturated rings. The van der Waals surface area contributed by atoms with Crippen LogP contribution in [0.4, 0.5) is 5.82 Å². The Hall–Kier alpha value is -3.60.